The van der Waals surface area contributed by atoms with E-state index in [1.165, 1.54) is 5.56 Å². The lowest BCUT2D eigenvalue weighted by atomic mass is 9.81. The summed E-state index contributed by atoms with van der Waals surface area (Å²) < 4.78 is 5.43. The molecule has 23 heavy (non-hydrogen) atoms. The molecule has 1 N–H and O–H groups in total. The maximum atomic E-state index is 12.4. The number of carbonyl (C=O) groups is 1. The first-order valence-corrected chi connectivity index (χ1v) is 8.25. The Labute approximate surface area is 137 Å². The van der Waals surface area contributed by atoms with Gasteiger partial charge in [-0.1, -0.05) is 74.0 Å². The third kappa shape index (κ3) is 3.39. The maximum Gasteiger partial charge on any atom is 0.408 e. The zero-order valence-corrected chi connectivity index (χ0v) is 13.5. The Hall–Kier alpha value is -2.29. The standard InChI is InChI=1S/C20H23NO2/c1-16-9-8-14-20(16,18-12-6-3-7-13-18)21-19(22)23-15-17-10-4-2-5-11-17/h2-7,10-13,16H,8-9,14-15H2,1H3,(H,21,22)/t16-,20+/m0/s1. The predicted molar refractivity (Wildman–Crippen MR) is 90.9 cm³/mol. The van der Waals surface area contributed by atoms with E-state index in [4.69, 9.17) is 4.74 Å². The third-order valence-electron chi connectivity index (χ3n) is 4.88. The Morgan fingerprint density at radius 1 is 1.13 bits per heavy atom. The van der Waals surface area contributed by atoms with Crippen LogP contribution in [-0.4, -0.2) is 6.09 Å². The lowest BCUT2D eigenvalue weighted by molar-refractivity contribution is 0.119. The van der Waals surface area contributed by atoms with Gasteiger partial charge in [-0.15, -0.1) is 0 Å². The van der Waals surface area contributed by atoms with Crippen molar-refractivity contribution in [3.8, 4) is 0 Å². The molecule has 1 amide bonds. The molecule has 3 rings (SSSR count). The summed E-state index contributed by atoms with van der Waals surface area (Å²) in [5, 5.41) is 3.17. The van der Waals surface area contributed by atoms with E-state index in [0.717, 1.165) is 24.8 Å². The molecule has 0 aromatic heterocycles. The van der Waals surface area contributed by atoms with Gasteiger partial charge in [-0.05, 0) is 29.9 Å². The first kappa shape index (κ1) is 15.6. The van der Waals surface area contributed by atoms with Crippen LogP contribution >= 0.6 is 0 Å². The summed E-state index contributed by atoms with van der Waals surface area (Å²) in [6.07, 6.45) is 2.85. The Balaban J connectivity index is 1.71. The van der Waals surface area contributed by atoms with Crippen molar-refractivity contribution in [1.29, 1.82) is 0 Å². The second-order valence-electron chi connectivity index (χ2n) is 6.32. The molecule has 0 spiro atoms. The molecule has 3 heteroatoms. The first-order valence-electron chi connectivity index (χ1n) is 8.25. The molecule has 3 nitrogen and oxygen atoms in total. The largest absolute Gasteiger partial charge is 0.445 e. The molecule has 0 aliphatic heterocycles. The quantitative estimate of drug-likeness (QED) is 0.894. The van der Waals surface area contributed by atoms with Crippen molar-refractivity contribution in [2.24, 2.45) is 5.92 Å². The molecular formula is C20H23NO2. The van der Waals surface area contributed by atoms with Gasteiger partial charge in [-0.3, -0.25) is 0 Å². The van der Waals surface area contributed by atoms with Gasteiger partial charge in [0.1, 0.15) is 6.61 Å². The number of carbonyl (C=O) groups excluding carboxylic acids is 1. The molecule has 120 valence electrons. The second-order valence-corrected chi connectivity index (χ2v) is 6.32. The van der Waals surface area contributed by atoms with E-state index >= 15 is 0 Å². The van der Waals surface area contributed by atoms with E-state index in [1.807, 2.05) is 48.5 Å². The summed E-state index contributed by atoms with van der Waals surface area (Å²) in [7, 11) is 0. The van der Waals surface area contributed by atoms with Crippen LogP contribution in [0.25, 0.3) is 0 Å². The van der Waals surface area contributed by atoms with Crippen LogP contribution in [0.3, 0.4) is 0 Å². The number of amides is 1. The molecule has 1 aliphatic carbocycles. The molecule has 0 radical (unpaired) electrons. The summed E-state index contributed by atoms with van der Waals surface area (Å²) >= 11 is 0. The highest BCUT2D eigenvalue weighted by molar-refractivity contribution is 5.69. The fourth-order valence-corrected chi connectivity index (χ4v) is 3.54. The lowest BCUT2D eigenvalue weighted by Crippen LogP contribution is -2.47. The summed E-state index contributed by atoms with van der Waals surface area (Å²) in [6, 6.07) is 20.0. The molecule has 2 aromatic rings. The molecule has 2 atom stereocenters. The molecule has 0 unspecified atom stereocenters. The summed E-state index contributed by atoms with van der Waals surface area (Å²) in [5.74, 6) is 0.397. The predicted octanol–water partition coefficient (Wildman–Crippen LogP) is 4.63. The highest BCUT2D eigenvalue weighted by Gasteiger charge is 2.43. The van der Waals surface area contributed by atoms with E-state index in [-0.39, 0.29) is 11.6 Å². The van der Waals surface area contributed by atoms with Crippen molar-refractivity contribution in [2.75, 3.05) is 0 Å². The van der Waals surface area contributed by atoms with Crippen LogP contribution < -0.4 is 5.32 Å². The van der Waals surface area contributed by atoms with Gasteiger partial charge in [0.05, 0.1) is 5.54 Å². The molecule has 1 aliphatic rings. The number of benzene rings is 2. The Morgan fingerprint density at radius 3 is 2.39 bits per heavy atom. The van der Waals surface area contributed by atoms with Gasteiger partial charge in [0.15, 0.2) is 0 Å². The van der Waals surface area contributed by atoms with Crippen molar-refractivity contribution < 1.29 is 9.53 Å². The SMILES string of the molecule is C[C@H]1CCC[C@]1(NC(=O)OCc1ccccc1)c1ccccc1. The molecule has 0 heterocycles. The molecule has 0 saturated heterocycles. The van der Waals surface area contributed by atoms with Crippen LogP contribution in [-0.2, 0) is 16.9 Å². The van der Waals surface area contributed by atoms with Crippen LogP contribution in [0.15, 0.2) is 60.7 Å². The monoisotopic (exact) mass is 309 g/mol. The Morgan fingerprint density at radius 2 is 1.78 bits per heavy atom. The number of ether oxygens (including phenoxy) is 1. The van der Waals surface area contributed by atoms with Crippen molar-refractivity contribution in [2.45, 2.75) is 38.3 Å². The average molecular weight is 309 g/mol. The lowest BCUT2D eigenvalue weighted by Gasteiger charge is -2.35. The topological polar surface area (TPSA) is 38.3 Å². The minimum absolute atomic E-state index is 0.298. The van der Waals surface area contributed by atoms with Crippen LogP contribution in [0.5, 0.6) is 0 Å². The van der Waals surface area contributed by atoms with E-state index < -0.39 is 0 Å². The van der Waals surface area contributed by atoms with Gasteiger partial charge in [0, 0.05) is 0 Å². The number of rotatable bonds is 4. The van der Waals surface area contributed by atoms with Crippen molar-refractivity contribution in [3.63, 3.8) is 0 Å². The number of hydrogen-bond acceptors (Lipinski definition) is 2. The Bertz CT molecular complexity index is 641. The highest BCUT2D eigenvalue weighted by Crippen LogP contribution is 2.43. The third-order valence-corrected chi connectivity index (χ3v) is 4.88. The fourth-order valence-electron chi connectivity index (χ4n) is 3.54. The molecule has 1 saturated carbocycles. The van der Waals surface area contributed by atoms with Gasteiger partial charge in [-0.25, -0.2) is 4.79 Å². The zero-order chi connectivity index (χ0) is 16.1. The molecular weight excluding hydrogens is 286 g/mol. The van der Waals surface area contributed by atoms with Crippen molar-refractivity contribution >= 4 is 6.09 Å². The molecule has 2 aromatic carbocycles. The smallest absolute Gasteiger partial charge is 0.408 e. The summed E-state index contributed by atoms with van der Waals surface area (Å²) in [6.45, 7) is 2.50. The van der Waals surface area contributed by atoms with Crippen molar-refractivity contribution in [3.05, 3.63) is 71.8 Å². The van der Waals surface area contributed by atoms with Crippen LogP contribution in [0.2, 0.25) is 0 Å². The van der Waals surface area contributed by atoms with Crippen LogP contribution in [0.4, 0.5) is 4.79 Å². The Kier molecular flexibility index (Phi) is 4.65. The minimum Gasteiger partial charge on any atom is -0.445 e. The minimum atomic E-state index is -0.341. The van der Waals surface area contributed by atoms with E-state index in [0.29, 0.717) is 12.5 Å². The normalized spacial score (nSPS) is 23.4. The summed E-state index contributed by atoms with van der Waals surface area (Å²) in [4.78, 5) is 12.4. The average Bonchev–Trinajstić information content (AvgIpc) is 2.96. The van der Waals surface area contributed by atoms with Crippen LogP contribution in [0, 0.1) is 5.92 Å². The molecule has 0 bridgehead atoms. The van der Waals surface area contributed by atoms with Gasteiger partial charge in [-0.2, -0.15) is 0 Å². The van der Waals surface area contributed by atoms with Crippen molar-refractivity contribution in [1.82, 2.24) is 5.32 Å². The number of hydrogen-bond donors (Lipinski definition) is 1. The zero-order valence-electron chi connectivity index (χ0n) is 13.5. The van der Waals surface area contributed by atoms with Gasteiger partial charge >= 0.3 is 6.09 Å². The first-order chi connectivity index (χ1) is 11.2. The van der Waals surface area contributed by atoms with Gasteiger partial charge in [0.2, 0.25) is 0 Å². The summed E-state index contributed by atoms with van der Waals surface area (Å²) in [5.41, 5.74) is 1.85. The van der Waals surface area contributed by atoms with E-state index in [2.05, 4.69) is 24.4 Å². The highest BCUT2D eigenvalue weighted by atomic mass is 16.5. The number of nitrogens with one attached hydrogen (secondary N) is 1. The van der Waals surface area contributed by atoms with E-state index in [1.54, 1.807) is 0 Å². The second kappa shape index (κ2) is 6.86. The van der Waals surface area contributed by atoms with E-state index in [9.17, 15) is 4.79 Å². The maximum absolute atomic E-state index is 12.4. The number of alkyl carbamates (subject to hydrolysis) is 1. The van der Waals surface area contributed by atoms with Gasteiger partial charge in [0.25, 0.3) is 0 Å². The fraction of sp³-hybridized carbons (Fsp3) is 0.350. The van der Waals surface area contributed by atoms with Crippen LogP contribution in [0.1, 0.15) is 37.3 Å². The van der Waals surface area contributed by atoms with Gasteiger partial charge < -0.3 is 10.1 Å². The molecule has 1 fully saturated rings.